The predicted molar refractivity (Wildman–Crippen MR) is 143 cm³/mol. The van der Waals surface area contributed by atoms with E-state index in [-0.39, 0.29) is 25.0 Å². The van der Waals surface area contributed by atoms with E-state index in [2.05, 4.69) is 13.2 Å². The molecule has 0 radical (unpaired) electrons. The molecule has 3 saturated heterocycles. The van der Waals surface area contributed by atoms with Crippen LogP contribution in [0.1, 0.15) is 45.6 Å². The summed E-state index contributed by atoms with van der Waals surface area (Å²) in [4.78, 5) is 45.2. The molecule has 1 N–H and O–H groups in total. The lowest BCUT2D eigenvalue weighted by molar-refractivity contribution is -0.157. The Hall–Kier alpha value is -2.97. The van der Waals surface area contributed by atoms with Crippen molar-refractivity contribution in [2.24, 2.45) is 11.8 Å². The number of rotatable bonds is 11. The molecule has 38 heavy (non-hydrogen) atoms. The second-order valence-corrected chi connectivity index (χ2v) is 11.5. The van der Waals surface area contributed by atoms with Gasteiger partial charge in [-0.15, -0.1) is 13.2 Å². The predicted octanol–water partition coefficient (Wildman–Crippen LogP) is 2.90. The lowest BCUT2D eigenvalue weighted by Gasteiger charge is -2.43. The number of benzene rings is 1. The van der Waals surface area contributed by atoms with E-state index >= 15 is 0 Å². The van der Waals surface area contributed by atoms with Gasteiger partial charge in [-0.1, -0.05) is 42.5 Å². The first-order valence-electron chi connectivity index (χ1n) is 13.5. The van der Waals surface area contributed by atoms with Gasteiger partial charge in [0.15, 0.2) is 0 Å². The van der Waals surface area contributed by atoms with Gasteiger partial charge >= 0.3 is 5.97 Å². The van der Waals surface area contributed by atoms with Crippen LogP contribution in [0, 0.1) is 11.8 Å². The largest absolute Gasteiger partial charge is 0.465 e. The molecule has 3 aliphatic heterocycles. The monoisotopic (exact) mass is 524 g/mol. The minimum Gasteiger partial charge on any atom is -0.465 e. The normalized spacial score (nSPS) is 28.6. The minimum atomic E-state index is -1.16. The summed E-state index contributed by atoms with van der Waals surface area (Å²) in [5.41, 5.74) is -0.775. The molecule has 0 saturated carbocycles. The second kappa shape index (κ2) is 11.0. The van der Waals surface area contributed by atoms with Crippen LogP contribution in [-0.4, -0.2) is 81.8 Å². The highest BCUT2D eigenvalue weighted by Crippen LogP contribution is 2.59. The molecule has 8 heteroatoms. The van der Waals surface area contributed by atoms with Crippen molar-refractivity contribution >= 4 is 17.8 Å². The van der Waals surface area contributed by atoms with Gasteiger partial charge in [0.25, 0.3) is 0 Å². The van der Waals surface area contributed by atoms with Crippen molar-refractivity contribution < 1.29 is 29.0 Å². The molecule has 3 aliphatic rings. The van der Waals surface area contributed by atoms with Crippen molar-refractivity contribution in [1.82, 2.24) is 9.80 Å². The summed E-state index contributed by atoms with van der Waals surface area (Å²) >= 11 is 0. The van der Waals surface area contributed by atoms with Gasteiger partial charge in [-0.3, -0.25) is 14.4 Å². The standard InChI is InChI=1S/C30H40N2O6/c1-6-8-17-37-28(36)23-22-14-15-30(38-22)24(23)26(34)32(21(19-33)18-20-12-10-9-11-13-20)25(30)27(35)31(16-7-2)29(3,4)5/h6-7,9-13,21-25,33H,1-2,8,14-19H2,3-5H3/t21-,22-,23+,24+,25?,30?/m1/s1. The van der Waals surface area contributed by atoms with Crippen molar-refractivity contribution in [3.63, 3.8) is 0 Å². The number of fused-ring (bicyclic) bond motifs is 1. The molecule has 4 rings (SSSR count). The van der Waals surface area contributed by atoms with Crippen LogP contribution in [0.4, 0.5) is 0 Å². The maximum Gasteiger partial charge on any atom is 0.312 e. The fraction of sp³-hybridized carbons (Fsp3) is 0.567. The summed E-state index contributed by atoms with van der Waals surface area (Å²) < 4.78 is 12.0. The lowest BCUT2D eigenvalue weighted by Crippen LogP contribution is -2.61. The van der Waals surface area contributed by atoms with Crippen LogP contribution >= 0.6 is 0 Å². The van der Waals surface area contributed by atoms with E-state index < -0.39 is 47.1 Å². The van der Waals surface area contributed by atoms with Crippen molar-refractivity contribution in [3.05, 3.63) is 61.2 Å². The highest BCUT2D eigenvalue weighted by atomic mass is 16.6. The third-order valence-electron chi connectivity index (χ3n) is 8.12. The van der Waals surface area contributed by atoms with Crippen LogP contribution in [0.15, 0.2) is 55.6 Å². The van der Waals surface area contributed by atoms with Gasteiger partial charge in [0, 0.05) is 12.1 Å². The first-order valence-corrected chi connectivity index (χ1v) is 13.5. The Labute approximate surface area is 225 Å². The summed E-state index contributed by atoms with van der Waals surface area (Å²) in [6.45, 7) is 13.4. The molecule has 0 aliphatic carbocycles. The Bertz CT molecular complexity index is 1070. The summed E-state index contributed by atoms with van der Waals surface area (Å²) in [7, 11) is 0. The number of aliphatic hydroxyl groups excluding tert-OH is 1. The molecule has 2 bridgehead atoms. The van der Waals surface area contributed by atoms with Crippen LogP contribution < -0.4 is 0 Å². The first-order chi connectivity index (χ1) is 18.1. The van der Waals surface area contributed by atoms with Gasteiger partial charge in [0.2, 0.25) is 11.8 Å². The smallest absolute Gasteiger partial charge is 0.312 e. The topological polar surface area (TPSA) is 96.4 Å². The number of carbonyl (C=O) groups excluding carboxylic acids is 3. The number of aliphatic hydroxyl groups is 1. The SMILES string of the molecule is C=CCCOC(=O)[C@@H]1[C@H]2C(=O)N([C@@H](CO)Cc3ccccc3)C(C(=O)N(CC=C)C(C)(C)C)C23CC[C@H]1O3. The number of esters is 1. The first kappa shape index (κ1) is 28.0. The molecular weight excluding hydrogens is 484 g/mol. The average Bonchev–Trinajstić information content (AvgIpc) is 3.53. The van der Waals surface area contributed by atoms with E-state index in [9.17, 15) is 19.5 Å². The van der Waals surface area contributed by atoms with Gasteiger partial charge in [-0.25, -0.2) is 0 Å². The lowest BCUT2D eigenvalue weighted by atomic mass is 9.70. The summed E-state index contributed by atoms with van der Waals surface area (Å²) in [5, 5.41) is 10.5. The number of hydrogen-bond donors (Lipinski definition) is 1. The Balaban J connectivity index is 1.77. The molecular formula is C30H40N2O6. The van der Waals surface area contributed by atoms with E-state index in [4.69, 9.17) is 9.47 Å². The number of likely N-dealkylation sites (tertiary alicyclic amines) is 1. The summed E-state index contributed by atoms with van der Waals surface area (Å²) in [6, 6.07) is 7.93. The minimum absolute atomic E-state index is 0.177. The average molecular weight is 525 g/mol. The van der Waals surface area contributed by atoms with Crippen molar-refractivity contribution in [2.45, 2.75) is 75.8 Å². The Morgan fingerprint density at radius 3 is 2.58 bits per heavy atom. The van der Waals surface area contributed by atoms with Crippen molar-refractivity contribution in [2.75, 3.05) is 19.8 Å². The molecule has 8 nitrogen and oxygen atoms in total. The van der Waals surface area contributed by atoms with Crippen LogP contribution in [-0.2, 0) is 30.3 Å². The molecule has 6 atom stereocenters. The molecule has 3 heterocycles. The molecule has 1 aromatic rings. The second-order valence-electron chi connectivity index (χ2n) is 11.5. The van der Waals surface area contributed by atoms with Gasteiger partial charge in [0.05, 0.1) is 37.2 Å². The van der Waals surface area contributed by atoms with E-state index in [0.29, 0.717) is 32.2 Å². The summed E-state index contributed by atoms with van der Waals surface area (Å²) in [5.74, 6) is -2.71. The zero-order valence-electron chi connectivity index (χ0n) is 22.7. The summed E-state index contributed by atoms with van der Waals surface area (Å²) in [6.07, 6.45) is 4.76. The number of amides is 2. The Kier molecular flexibility index (Phi) is 8.14. The van der Waals surface area contributed by atoms with E-state index in [1.165, 1.54) is 4.90 Å². The third-order valence-corrected chi connectivity index (χ3v) is 8.12. The highest BCUT2D eigenvalue weighted by Gasteiger charge is 2.75. The van der Waals surface area contributed by atoms with Gasteiger partial charge in [0.1, 0.15) is 11.6 Å². The highest BCUT2D eigenvalue weighted by molar-refractivity contribution is 5.98. The zero-order chi connectivity index (χ0) is 27.7. The molecule has 2 amide bonds. The maximum absolute atomic E-state index is 14.4. The van der Waals surface area contributed by atoms with E-state index in [0.717, 1.165) is 5.56 Å². The maximum atomic E-state index is 14.4. The third kappa shape index (κ3) is 4.80. The Morgan fingerprint density at radius 1 is 1.26 bits per heavy atom. The number of hydrogen-bond acceptors (Lipinski definition) is 6. The van der Waals surface area contributed by atoms with Crippen LogP contribution in [0.25, 0.3) is 0 Å². The molecule has 0 aromatic heterocycles. The van der Waals surface area contributed by atoms with Crippen LogP contribution in [0.2, 0.25) is 0 Å². The number of carbonyl (C=O) groups is 3. The van der Waals surface area contributed by atoms with Gasteiger partial charge in [-0.05, 0) is 52.0 Å². The molecule has 3 fully saturated rings. The van der Waals surface area contributed by atoms with Gasteiger partial charge in [-0.2, -0.15) is 0 Å². The van der Waals surface area contributed by atoms with Crippen molar-refractivity contribution in [1.29, 1.82) is 0 Å². The fourth-order valence-electron chi connectivity index (χ4n) is 6.48. The van der Waals surface area contributed by atoms with Crippen molar-refractivity contribution in [3.8, 4) is 0 Å². The van der Waals surface area contributed by atoms with Gasteiger partial charge < -0.3 is 24.4 Å². The quantitative estimate of drug-likeness (QED) is 0.272. The van der Waals surface area contributed by atoms with Crippen LogP contribution in [0.3, 0.4) is 0 Å². The molecule has 1 spiro atoms. The zero-order valence-corrected chi connectivity index (χ0v) is 22.7. The molecule has 1 aromatic carbocycles. The van der Waals surface area contributed by atoms with Crippen LogP contribution in [0.5, 0.6) is 0 Å². The van der Waals surface area contributed by atoms with E-state index in [1.54, 1.807) is 17.1 Å². The number of nitrogens with zero attached hydrogens (tertiary/aromatic N) is 2. The molecule has 2 unspecified atom stereocenters. The Morgan fingerprint density at radius 2 is 1.97 bits per heavy atom. The molecule has 206 valence electrons. The fourth-order valence-corrected chi connectivity index (χ4v) is 6.48. The number of ether oxygens (including phenoxy) is 2. The van der Waals surface area contributed by atoms with E-state index in [1.807, 2.05) is 51.1 Å².